The highest BCUT2D eigenvalue weighted by Gasteiger charge is 2.12. The maximum Gasteiger partial charge on any atom is 0.124 e. The monoisotopic (exact) mass is 261 g/mol. The Balaban J connectivity index is 0.00000128. The predicted molar refractivity (Wildman–Crippen MR) is 70.0 cm³/mol. The average molecular weight is 262 g/mol. The van der Waals surface area contributed by atoms with Gasteiger partial charge in [-0.2, -0.15) is 0 Å². The van der Waals surface area contributed by atoms with Crippen molar-refractivity contribution >= 4 is 24.2 Å². The fourth-order valence-corrected chi connectivity index (χ4v) is 2.95. The molecule has 0 radical (unpaired) electrons. The second-order valence-electron chi connectivity index (χ2n) is 3.96. The molecule has 1 saturated heterocycles. The highest BCUT2D eigenvalue weighted by Crippen LogP contribution is 2.24. The molecule has 0 saturated carbocycles. The minimum Gasteiger partial charge on any atom is -0.317 e. The van der Waals surface area contributed by atoms with Crippen molar-refractivity contribution in [2.45, 2.75) is 17.7 Å². The summed E-state index contributed by atoms with van der Waals surface area (Å²) in [6.07, 6.45) is 2.50. The summed E-state index contributed by atoms with van der Waals surface area (Å²) >= 11 is 1.77. The van der Waals surface area contributed by atoms with Crippen LogP contribution in [0.3, 0.4) is 0 Å². The van der Waals surface area contributed by atoms with Gasteiger partial charge in [0.25, 0.3) is 0 Å². The largest absolute Gasteiger partial charge is 0.317 e. The lowest BCUT2D eigenvalue weighted by Crippen LogP contribution is -2.28. The first kappa shape index (κ1) is 13.8. The van der Waals surface area contributed by atoms with Gasteiger partial charge in [-0.1, -0.05) is 6.07 Å². The van der Waals surface area contributed by atoms with Crippen LogP contribution in [0.25, 0.3) is 0 Å². The Bertz CT molecular complexity index is 316. The molecule has 0 bridgehead atoms. The Morgan fingerprint density at radius 1 is 1.31 bits per heavy atom. The molecule has 1 nitrogen and oxygen atoms in total. The summed E-state index contributed by atoms with van der Waals surface area (Å²) in [7, 11) is 0. The lowest BCUT2D eigenvalue weighted by atomic mass is 10.0. The van der Waals surface area contributed by atoms with Gasteiger partial charge in [0.1, 0.15) is 5.82 Å². The standard InChI is InChI=1S/C12H16FNS.ClH/c13-11-2-1-3-12(8-11)15-9-10-4-6-14-7-5-10;/h1-3,8,10,14H,4-7,9H2;1H. The van der Waals surface area contributed by atoms with Crippen LogP contribution in [-0.2, 0) is 0 Å². The first-order valence-corrected chi connectivity index (χ1v) is 6.42. The molecule has 0 atom stereocenters. The van der Waals surface area contributed by atoms with E-state index in [1.54, 1.807) is 23.9 Å². The normalized spacial score (nSPS) is 16.8. The molecule has 1 aromatic carbocycles. The molecule has 1 aliphatic heterocycles. The van der Waals surface area contributed by atoms with Gasteiger partial charge < -0.3 is 5.32 Å². The van der Waals surface area contributed by atoms with Crippen molar-refractivity contribution in [3.05, 3.63) is 30.1 Å². The van der Waals surface area contributed by atoms with Gasteiger partial charge in [0.05, 0.1) is 0 Å². The van der Waals surface area contributed by atoms with Crippen LogP contribution in [-0.4, -0.2) is 18.8 Å². The van der Waals surface area contributed by atoms with Crippen molar-refractivity contribution in [1.82, 2.24) is 5.32 Å². The second kappa shape index (κ2) is 7.15. The van der Waals surface area contributed by atoms with Crippen molar-refractivity contribution in [2.75, 3.05) is 18.8 Å². The molecule has 4 heteroatoms. The second-order valence-corrected chi connectivity index (χ2v) is 5.06. The third-order valence-electron chi connectivity index (χ3n) is 2.74. The Morgan fingerprint density at radius 2 is 2.06 bits per heavy atom. The van der Waals surface area contributed by atoms with E-state index in [0.29, 0.717) is 0 Å². The van der Waals surface area contributed by atoms with E-state index in [1.165, 1.54) is 18.9 Å². The van der Waals surface area contributed by atoms with E-state index in [-0.39, 0.29) is 18.2 Å². The van der Waals surface area contributed by atoms with Gasteiger partial charge in [0.15, 0.2) is 0 Å². The molecule has 1 fully saturated rings. The third kappa shape index (κ3) is 4.32. The van der Waals surface area contributed by atoms with Crippen LogP contribution in [0.1, 0.15) is 12.8 Å². The molecule has 90 valence electrons. The Hall–Kier alpha value is -0.250. The summed E-state index contributed by atoms with van der Waals surface area (Å²) < 4.78 is 12.9. The molecule has 2 rings (SSSR count). The van der Waals surface area contributed by atoms with Crippen molar-refractivity contribution in [2.24, 2.45) is 5.92 Å². The van der Waals surface area contributed by atoms with Crippen LogP contribution in [0.2, 0.25) is 0 Å². The first-order valence-electron chi connectivity index (χ1n) is 5.44. The van der Waals surface area contributed by atoms with Crippen LogP contribution in [0.15, 0.2) is 29.2 Å². The quantitative estimate of drug-likeness (QED) is 0.838. The molecule has 0 spiro atoms. The molecular formula is C12H17ClFNS. The van der Waals surface area contributed by atoms with E-state index < -0.39 is 0 Å². The van der Waals surface area contributed by atoms with E-state index >= 15 is 0 Å². The molecule has 0 amide bonds. The molecule has 1 heterocycles. The highest BCUT2D eigenvalue weighted by atomic mass is 35.5. The summed E-state index contributed by atoms with van der Waals surface area (Å²) in [6.45, 7) is 2.27. The molecule has 0 unspecified atom stereocenters. The number of thioether (sulfide) groups is 1. The summed E-state index contributed by atoms with van der Waals surface area (Å²) in [5, 5.41) is 3.35. The average Bonchev–Trinajstić information content (AvgIpc) is 2.28. The number of hydrogen-bond acceptors (Lipinski definition) is 2. The van der Waals surface area contributed by atoms with Crippen molar-refractivity contribution in [3.63, 3.8) is 0 Å². The lowest BCUT2D eigenvalue weighted by molar-refractivity contribution is 0.408. The lowest BCUT2D eigenvalue weighted by Gasteiger charge is -2.21. The van der Waals surface area contributed by atoms with Crippen molar-refractivity contribution in [1.29, 1.82) is 0 Å². The summed E-state index contributed by atoms with van der Waals surface area (Å²) in [5.41, 5.74) is 0. The Kier molecular flexibility index (Phi) is 6.17. The van der Waals surface area contributed by atoms with E-state index in [1.807, 2.05) is 6.07 Å². The zero-order valence-corrected chi connectivity index (χ0v) is 10.7. The molecule has 0 aliphatic carbocycles. The van der Waals surface area contributed by atoms with Crippen LogP contribution in [0.5, 0.6) is 0 Å². The highest BCUT2D eigenvalue weighted by molar-refractivity contribution is 7.99. The zero-order chi connectivity index (χ0) is 10.5. The SMILES string of the molecule is Cl.Fc1cccc(SCC2CCNCC2)c1. The van der Waals surface area contributed by atoms with Gasteiger partial charge in [-0.15, -0.1) is 24.2 Å². The predicted octanol–water partition coefficient (Wildman–Crippen LogP) is 3.34. The number of hydrogen-bond donors (Lipinski definition) is 1. The minimum atomic E-state index is -0.134. The molecule has 0 aromatic heterocycles. The number of halogens is 2. The van der Waals surface area contributed by atoms with Gasteiger partial charge >= 0.3 is 0 Å². The Labute approximate surface area is 107 Å². The third-order valence-corrected chi connectivity index (χ3v) is 3.97. The number of benzene rings is 1. The van der Waals surface area contributed by atoms with E-state index in [2.05, 4.69) is 5.32 Å². The van der Waals surface area contributed by atoms with Gasteiger partial charge in [0.2, 0.25) is 0 Å². The fourth-order valence-electron chi connectivity index (χ4n) is 1.82. The molecular weight excluding hydrogens is 245 g/mol. The topological polar surface area (TPSA) is 12.0 Å². The summed E-state index contributed by atoms with van der Waals surface area (Å²) in [6, 6.07) is 6.87. The number of rotatable bonds is 3. The first-order chi connectivity index (χ1) is 7.34. The molecule has 1 aromatic rings. The van der Waals surface area contributed by atoms with Gasteiger partial charge in [0, 0.05) is 10.6 Å². The van der Waals surface area contributed by atoms with Crippen LogP contribution in [0, 0.1) is 11.7 Å². The maximum atomic E-state index is 12.9. The smallest absolute Gasteiger partial charge is 0.124 e. The fraction of sp³-hybridized carbons (Fsp3) is 0.500. The summed E-state index contributed by atoms with van der Waals surface area (Å²) in [4.78, 5) is 1.05. The van der Waals surface area contributed by atoms with Crippen molar-refractivity contribution in [3.8, 4) is 0 Å². The van der Waals surface area contributed by atoms with E-state index in [4.69, 9.17) is 0 Å². The Morgan fingerprint density at radius 3 is 2.75 bits per heavy atom. The van der Waals surface area contributed by atoms with Crippen molar-refractivity contribution < 1.29 is 4.39 Å². The van der Waals surface area contributed by atoms with Gasteiger partial charge in [-0.25, -0.2) is 4.39 Å². The molecule has 1 aliphatic rings. The molecule has 16 heavy (non-hydrogen) atoms. The van der Waals surface area contributed by atoms with E-state index in [9.17, 15) is 4.39 Å². The van der Waals surface area contributed by atoms with Crippen LogP contribution < -0.4 is 5.32 Å². The summed E-state index contributed by atoms with van der Waals surface area (Å²) in [5.74, 6) is 1.77. The zero-order valence-electron chi connectivity index (χ0n) is 9.12. The molecule has 1 N–H and O–H groups in total. The van der Waals surface area contributed by atoms with Crippen LogP contribution in [0.4, 0.5) is 4.39 Å². The minimum absolute atomic E-state index is 0. The number of nitrogens with one attached hydrogen (secondary N) is 1. The van der Waals surface area contributed by atoms with E-state index in [0.717, 1.165) is 29.7 Å². The maximum absolute atomic E-state index is 12.9. The number of piperidine rings is 1. The van der Waals surface area contributed by atoms with Gasteiger partial charge in [-0.05, 0) is 50.0 Å². The van der Waals surface area contributed by atoms with Crippen LogP contribution >= 0.6 is 24.2 Å². The van der Waals surface area contributed by atoms with Gasteiger partial charge in [-0.3, -0.25) is 0 Å².